The zero-order chi connectivity index (χ0) is 27.8. The van der Waals surface area contributed by atoms with Crippen LogP contribution in [0.25, 0.3) is 33.4 Å². The molecule has 6 rings (SSSR count). The Kier molecular flexibility index (Phi) is 6.42. The molecule has 4 aromatic carbocycles. The third-order valence-electron chi connectivity index (χ3n) is 6.60. The third-order valence-corrected chi connectivity index (χ3v) is 6.60. The number of aromatic nitrogens is 6. The van der Waals surface area contributed by atoms with Crippen LogP contribution < -0.4 is 0 Å². The highest BCUT2D eigenvalue weighted by Gasteiger charge is 2.25. The predicted molar refractivity (Wildman–Crippen MR) is 145 cm³/mol. The van der Waals surface area contributed by atoms with Crippen molar-refractivity contribution in [3.05, 3.63) is 96.1 Å². The second kappa shape index (κ2) is 10.2. The van der Waals surface area contributed by atoms with Gasteiger partial charge < -0.3 is 20.4 Å². The molecule has 40 heavy (non-hydrogen) atoms. The van der Waals surface area contributed by atoms with Crippen molar-refractivity contribution >= 4 is 27.9 Å². The number of aromatic hydroxyl groups is 2. The molecule has 0 spiro atoms. The number of benzene rings is 4. The van der Waals surface area contributed by atoms with E-state index in [0.717, 1.165) is 0 Å². The molecule has 11 nitrogen and oxygen atoms in total. The van der Waals surface area contributed by atoms with Crippen LogP contribution in [0, 0.1) is 0 Å². The van der Waals surface area contributed by atoms with Gasteiger partial charge in [-0.25, -0.2) is 0 Å². The van der Waals surface area contributed by atoms with Crippen LogP contribution in [0.3, 0.4) is 0 Å². The molecule has 2 unspecified atom stereocenters. The first kappa shape index (κ1) is 25.2. The maximum atomic E-state index is 12.8. The van der Waals surface area contributed by atoms with Crippen LogP contribution in [0.4, 0.5) is 0 Å². The SMILES string of the molecule is O=C(C(O)Cc1ccc(-n2nc3ccccc3n2)c(O)c1)C(O)Cc1ccc(O)c(-n2nc3ccccc3n2)c1. The lowest BCUT2D eigenvalue weighted by Gasteiger charge is -2.16. The number of fused-ring (bicyclic) bond motifs is 2. The van der Waals surface area contributed by atoms with Crippen LogP contribution in [0.5, 0.6) is 11.5 Å². The molecule has 2 aromatic heterocycles. The van der Waals surface area contributed by atoms with E-state index in [2.05, 4.69) is 20.4 Å². The fourth-order valence-electron chi connectivity index (χ4n) is 4.53. The lowest BCUT2D eigenvalue weighted by Crippen LogP contribution is -2.35. The number of ketones is 1. The average molecular weight is 537 g/mol. The number of aliphatic hydroxyl groups excluding tert-OH is 2. The zero-order valence-electron chi connectivity index (χ0n) is 21.0. The van der Waals surface area contributed by atoms with Gasteiger partial charge in [-0.3, -0.25) is 4.79 Å². The van der Waals surface area contributed by atoms with Crippen molar-refractivity contribution in [3.63, 3.8) is 0 Å². The van der Waals surface area contributed by atoms with Gasteiger partial charge in [0.15, 0.2) is 5.78 Å². The Balaban J connectivity index is 1.14. The maximum Gasteiger partial charge on any atom is 0.190 e. The highest BCUT2D eigenvalue weighted by molar-refractivity contribution is 5.87. The standard InChI is InChI=1S/C29H24N6O5/c36-25-12-10-17(13-24(25)35-32-21-7-3-4-8-22(21)33-35)15-27(38)29(40)28(39)16-18-9-11-23(26(37)14-18)34-30-19-5-1-2-6-20(19)31-34/h1-14,27-28,36-39H,15-16H2. The Morgan fingerprint density at radius 3 is 1.55 bits per heavy atom. The van der Waals surface area contributed by atoms with Gasteiger partial charge in [-0.1, -0.05) is 36.4 Å². The molecule has 0 radical (unpaired) electrons. The predicted octanol–water partition coefficient (Wildman–Crippen LogP) is 2.64. The summed E-state index contributed by atoms with van der Waals surface area (Å²) in [5.74, 6) is -0.942. The topological polar surface area (TPSA) is 159 Å². The smallest absolute Gasteiger partial charge is 0.190 e. The molecule has 2 atom stereocenters. The van der Waals surface area contributed by atoms with E-state index < -0.39 is 18.0 Å². The fourth-order valence-corrected chi connectivity index (χ4v) is 4.53. The lowest BCUT2D eigenvalue weighted by atomic mass is 9.97. The van der Waals surface area contributed by atoms with Crippen molar-refractivity contribution in [2.45, 2.75) is 25.0 Å². The van der Waals surface area contributed by atoms with Gasteiger partial charge in [-0.2, -0.15) is 0 Å². The summed E-state index contributed by atoms with van der Waals surface area (Å²) in [7, 11) is 0. The van der Waals surface area contributed by atoms with Crippen molar-refractivity contribution in [2.75, 3.05) is 0 Å². The van der Waals surface area contributed by atoms with Crippen LogP contribution in [0.1, 0.15) is 11.1 Å². The number of carbonyl (C=O) groups excluding carboxylic acids is 1. The number of nitrogens with zero attached hydrogens (tertiary/aromatic N) is 6. The van der Waals surface area contributed by atoms with E-state index in [4.69, 9.17) is 0 Å². The summed E-state index contributed by atoms with van der Waals surface area (Å²) in [5, 5.41) is 59.5. The number of hydrogen-bond donors (Lipinski definition) is 4. The third kappa shape index (κ3) is 4.86. The number of Topliss-reactive ketones (excluding diaryl/α,β-unsaturated/α-hetero) is 1. The molecular formula is C29H24N6O5. The Bertz CT molecular complexity index is 1800. The largest absolute Gasteiger partial charge is 0.506 e. The first-order chi connectivity index (χ1) is 19.4. The van der Waals surface area contributed by atoms with Gasteiger partial charge in [0.05, 0.1) is 0 Å². The van der Waals surface area contributed by atoms with Crippen LogP contribution in [0.15, 0.2) is 84.9 Å². The van der Waals surface area contributed by atoms with E-state index in [-0.39, 0.29) is 24.3 Å². The van der Waals surface area contributed by atoms with Crippen molar-refractivity contribution in [2.24, 2.45) is 0 Å². The molecule has 0 saturated carbocycles. The van der Waals surface area contributed by atoms with Gasteiger partial charge in [0, 0.05) is 12.8 Å². The second-order valence-corrected chi connectivity index (χ2v) is 9.44. The highest BCUT2D eigenvalue weighted by atomic mass is 16.3. The van der Waals surface area contributed by atoms with E-state index in [1.807, 2.05) is 36.4 Å². The van der Waals surface area contributed by atoms with Crippen molar-refractivity contribution in [1.29, 1.82) is 0 Å². The number of phenolic OH excluding ortho intramolecular Hbond substituents is 2. The molecule has 200 valence electrons. The van der Waals surface area contributed by atoms with Crippen molar-refractivity contribution in [1.82, 2.24) is 30.0 Å². The zero-order valence-corrected chi connectivity index (χ0v) is 21.0. The summed E-state index contributed by atoms with van der Waals surface area (Å²) >= 11 is 0. The number of rotatable bonds is 8. The van der Waals surface area contributed by atoms with Gasteiger partial charge in [0.25, 0.3) is 0 Å². The van der Waals surface area contributed by atoms with Gasteiger partial charge in [0.2, 0.25) is 0 Å². The molecule has 0 bridgehead atoms. The average Bonchev–Trinajstić information content (AvgIpc) is 3.58. The Labute approximate surface area is 227 Å². The van der Waals surface area contributed by atoms with Gasteiger partial charge in [0.1, 0.15) is 57.1 Å². The van der Waals surface area contributed by atoms with Crippen LogP contribution >= 0.6 is 0 Å². The summed E-state index contributed by atoms with van der Waals surface area (Å²) in [4.78, 5) is 15.4. The molecular weight excluding hydrogens is 512 g/mol. The molecule has 4 N–H and O–H groups in total. The van der Waals surface area contributed by atoms with Crippen LogP contribution in [0.2, 0.25) is 0 Å². The maximum absolute atomic E-state index is 12.8. The molecule has 0 aliphatic rings. The molecule has 2 heterocycles. The van der Waals surface area contributed by atoms with Gasteiger partial charge in [-0.15, -0.1) is 30.0 Å². The molecule has 6 aromatic rings. The first-order valence-electron chi connectivity index (χ1n) is 12.5. The van der Waals surface area contributed by atoms with E-state index in [1.165, 1.54) is 21.7 Å². The summed E-state index contributed by atoms with van der Waals surface area (Å²) in [6, 6.07) is 23.9. The highest BCUT2D eigenvalue weighted by Crippen LogP contribution is 2.26. The Morgan fingerprint density at radius 1 is 0.600 bits per heavy atom. The summed E-state index contributed by atoms with van der Waals surface area (Å²) in [5.41, 5.74) is 4.34. The number of aliphatic hydroxyl groups is 2. The van der Waals surface area contributed by atoms with Gasteiger partial charge >= 0.3 is 0 Å². The monoisotopic (exact) mass is 536 g/mol. The molecule has 0 saturated heterocycles. The second-order valence-electron chi connectivity index (χ2n) is 9.44. The minimum absolute atomic E-state index is 0.0634. The summed E-state index contributed by atoms with van der Waals surface area (Å²) in [6.45, 7) is 0. The number of phenols is 2. The lowest BCUT2D eigenvalue weighted by molar-refractivity contribution is -0.135. The van der Waals surface area contributed by atoms with Gasteiger partial charge in [-0.05, 0) is 59.7 Å². The van der Waals surface area contributed by atoms with E-state index in [9.17, 15) is 25.2 Å². The number of hydrogen-bond acceptors (Lipinski definition) is 9. The molecule has 11 heteroatoms. The Morgan fingerprint density at radius 2 is 1.05 bits per heavy atom. The Hall–Kier alpha value is -5.13. The van der Waals surface area contributed by atoms with Crippen LogP contribution in [-0.2, 0) is 17.6 Å². The normalized spacial score (nSPS) is 13.1. The van der Waals surface area contributed by atoms with Crippen molar-refractivity contribution < 1.29 is 25.2 Å². The quantitative estimate of drug-likeness (QED) is 0.229. The summed E-state index contributed by atoms with van der Waals surface area (Å²) in [6.07, 6.45) is -3.19. The molecule has 0 fully saturated rings. The van der Waals surface area contributed by atoms with E-state index in [0.29, 0.717) is 44.6 Å². The molecule has 0 aliphatic carbocycles. The fraction of sp³-hybridized carbons (Fsp3) is 0.138. The van der Waals surface area contributed by atoms with Crippen molar-refractivity contribution in [3.8, 4) is 22.9 Å². The minimum Gasteiger partial charge on any atom is -0.506 e. The number of carbonyl (C=O) groups is 1. The van der Waals surface area contributed by atoms with E-state index >= 15 is 0 Å². The van der Waals surface area contributed by atoms with Crippen LogP contribution in [-0.4, -0.2) is 68.4 Å². The summed E-state index contributed by atoms with van der Waals surface area (Å²) < 4.78 is 0. The molecule has 0 amide bonds. The first-order valence-corrected chi connectivity index (χ1v) is 12.5. The molecule has 0 aliphatic heterocycles. The van der Waals surface area contributed by atoms with E-state index in [1.54, 1.807) is 36.4 Å². The minimum atomic E-state index is -1.50.